The highest BCUT2D eigenvalue weighted by Gasteiger charge is 2.16. The number of hydrogen-bond donors (Lipinski definition) is 3. The number of nitrogens with one attached hydrogen (secondary N) is 2. The van der Waals surface area contributed by atoms with Crippen LogP contribution in [0, 0.1) is 5.41 Å². The van der Waals surface area contributed by atoms with Crippen LogP contribution in [-0.4, -0.2) is 43.3 Å². The van der Waals surface area contributed by atoms with Crippen LogP contribution in [0.4, 0.5) is 0 Å². The first kappa shape index (κ1) is 17.0. The van der Waals surface area contributed by atoms with Crippen LogP contribution in [0.5, 0.6) is 5.75 Å². The van der Waals surface area contributed by atoms with Gasteiger partial charge in [-0.15, -0.1) is 0 Å². The molecule has 0 radical (unpaired) electrons. The van der Waals surface area contributed by atoms with Crippen LogP contribution < -0.4 is 10.1 Å². The molecule has 0 amide bonds. The lowest BCUT2D eigenvalue weighted by Crippen LogP contribution is -2.29. The number of ether oxygens (including phenoxy) is 2. The quantitative estimate of drug-likeness (QED) is 0.367. The van der Waals surface area contributed by atoms with E-state index in [-0.39, 0.29) is 6.61 Å². The zero-order chi connectivity index (χ0) is 15.7. The third-order valence-electron chi connectivity index (χ3n) is 2.94. The minimum Gasteiger partial charge on any atom is -0.490 e. The van der Waals surface area contributed by atoms with Gasteiger partial charge in [-0.05, 0) is 30.7 Å². The number of rotatable bonds is 9. The Morgan fingerprint density at radius 3 is 2.57 bits per heavy atom. The average Bonchev–Trinajstić information content (AvgIpc) is 2.48. The molecule has 1 atom stereocenters. The Hall–Kier alpha value is -2.08. The van der Waals surface area contributed by atoms with Gasteiger partial charge in [0, 0.05) is 19.2 Å². The largest absolute Gasteiger partial charge is 0.490 e. The number of unbranched alkanes of at least 4 members (excludes halogenated alkanes) is 1. The predicted octanol–water partition coefficient (Wildman–Crippen LogP) is 1.88. The maximum atomic E-state index is 10.8. The van der Waals surface area contributed by atoms with Gasteiger partial charge in [-0.3, -0.25) is 5.41 Å². The molecule has 3 N–H and O–H groups in total. The number of amidine groups is 1. The van der Waals surface area contributed by atoms with Crippen molar-refractivity contribution in [1.29, 1.82) is 5.41 Å². The third-order valence-corrected chi connectivity index (χ3v) is 2.94. The van der Waals surface area contributed by atoms with Crippen molar-refractivity contribution >= 4 is 11.8 Å². The van der Waals surface area contributed by atoms with Crippen molar-refractivity contribution in [3.63, 3.8) is 0 Å². The number of carboxylic acid groups (broad SMARTS) is 1. The van der Waals surface area contributed by atoms with Crippen molar-refractivity contribution in [2.45, 2.75) is 25.9 Å². The molecule has 21 heavy (non-hydrogen) atoms. The molecule has 6 nitrogen and oxygen atoms in total. The van der Waals surface area contributed by atoms with E-state index in [0.29, 0.717) is 11.6 Å². The molecule has 6 heteroatoms. The lowest BCUT2D eigenvalue weighted by atomic mass is 10.2. The van der Waals surface area contributed by atoms with E-state index in [4.69, 9.17) is 20.0 Å². The summed E-state index contributed by atoms with van der Waals surface area (Å²) < 4.78 is 10.1. The maximum Gasteiger partial charge on any atom is 0.336 e. The van der Waals surface area contributed by atoms with Gasteiger partial charge in [0.1, 0.15) is 18.2 Å². The van der Waals surface area contributed by atoms with E-state index >= 15 is 0 Å². The van der Waals surface area contributed by atoms with E-state index in [1.165, 1.54) is 7.11 Å². The Morgan fingerprint density at radius 1 is 1.38 bits per heavy atom. The Labute approximate surface area is 124 Å². The number of aliphatic carboxylic acids is 1. The summed E-state index contributed by atoms with van der Waals surface area (Å²) in [6, 6.07) is 6.94. The molecule has 0 saturated heterocycles. The molecule has 0 unspecified atom stereocenters. The molecule has 1 rings (SSSR count). The van der Waals surface area contributed by atoms with Crippen molar-refractivity contribution < 1.29 is 19.4 Å². The van der Waals surface area contributed by atoms with Crippen LogP contribution in [0.25, 0.3) is 0 Å². The highest BCUT2D eigenvalue weighted by molar-refractivity contribution is 5.96. The summed E-state index contributed by atoms with van der Waals surface area (Å²) in [6.07, 6.45) is 1.12. The normalized spacial score (nSPS) is 11.7. The summed E-state index contributed by atoms with van der Waals surface area (Å²) in [6.45, 7) is 2.82. The first-order valence-electron chi connectivity index (χ1n) is 6.89. The molecule has 0 saturated carbocycles. The zero-order valence-electron chi connectivity index (χ0n) is 12.4. The molecular formula is C15H22N2O4. The van der Waals surface area contributed by atoms with E-state index < -0.39 is 12.1 Å². The van der Waals surface area contributed by atoms with Gasteiger partial charge >= 0.3 is 5.97 Å². The highest BCUT2D eigenvalue weighted by atomic mass is 16.5. The van der Waals surface area contributed by atoms with Gasteiger partial charge in [-0.25, -0.2) is 4.79 Å². The topological polar surface area (TPSA) is 91.6 Å². The first-order valence-corrected chi connectivity index (χ1v) is 6.89. The fourth-order valence-corrected chi connectivity index (χ4v) is 1.62. The molecule has 0 aliphatic rings. The lowest BCUT2D eigenvalue weighted by molar-refractivity contribution is -0.150. The monoisotopic (exact) mass is 294 g/mol. The van der Waals surface area contributed by atoms with Crippen molar-refractivity contribution in [1.82, 2.24) is 5.32 Å². The minimum absolute atomic E-state index is 0.0582. The SMILES string of the molecule is CCCCNC(=N)c1ccc(OC[C@H](OC)C(=O)O)cc1. The Bertz CT molecular complexity index is 459. The second-order valence-corrected chi connectivity index (χ2v) is 4.55. The van der Waals surface area contributed by atoms with E-state index in [1.54, 1.807) is 24.3 Å². The Kier molecular flexibility index (Phi) is 7.25. The summed E-state index contributed by atoms with van der Waals surface area (Å²) in [5, 5.41) is 19.8. The van der Waals surface area contributed by atoms with Gasteiger partial charge in [0.05, 0.1) is 0 Å². The number of carboxylic acids is 1. The second-order valence-electron chi connectivity index (χ2n) is 4.55. The number of benzene rings is 1. The molecule has 0 spiro atoms. The van der Waals surface area contributed by atoms with Gasteiger partial charge in [0.25, 0.3) is 0 Å². The lowest BCUT2D eigenvalue weighted by Gasteiger charge is -2.12. The second kappa shape index (κ2) is 8.97. The molecule has 0 heterocycles. The van der Waals surface area contributed by atoms with Crippen LogP contribution in [0.2, 0.25) is 0 Å². The van der Waals surface area contributed by atoms with Gasteiger partial charge in [-0.2, -0.15) is 0 Å². The maximum absolute atomic E-state index is 10.8. The summed E-state index contributed by atoms with van der Waals surface area (Å²) in [7, 11) is 1.33. The van der Waals surface area contributed by atoms with Gasteiger partial charge in [0.15, 0.2) is 6.10 Å². The van der Waals surface area contributed by atoms with Crippen LogP contribution in [-0.2, 0) is 9.53 Å². The van der Waals surface area contributed by atoms with Crippen molar-refractivity contribution in [2.24, 2.45) is 0 Å². The Balaban J connectivity index is 2.50. The standard InChI is InChI=1S/C15H22N2O4/c1-3-4-9-17-14(16)11-5-7-12(8-6-11)21-10-13(20-2)15(18)19/h5-8,13H,3-4,9-10H2,1-2H3,(H2,16,17)(H,18,19)/t13-/m0/s1. The molecule has 0 aromatic heterocycles. The van der Waals surface area contributed by atoms with Gasteiger partial charge < -0.3 is 19.9 Å². The summed E-state index contributed by atoms with van der Waals surface area (Å²) in [5.41, 5.74) is 0.764. The predicted molar refractivity (Wildman–Crippen MR) is 80.1 cm³/mol. The molecular weight excluding hydrogens is 272 g/mol. The molecule has 0 aliphatic carbocycles. The number of hydrogen-bond acceptors (Lipinski definition) is 4. The number of methoxy groups -OCH3 is 1. The summed E-state index contributed by atoms with van der Waals surface area (Å²) in [5.74, 6) is -0.144. The van der Waals surface area contributed by atoms with E-state index in [9.17, 15) is 4.79 Å². The van der Waals surface area contributed by atoms with Crippen LogP contribution >= 0.6 is 0 Å². The molecule has 0 fully saturated rings. The van der Waals surface area contributed by atoms with Gasteiger partial charge in [0.2, 0.25) is 0 Å². The van der Waals surface area contributed by atoms with E-state index in [1.807, 2.05) is 0 Å². The number of carbonyl (C=O) groups is 1. The third kappa shape index (κ3) is 5.83. The first-order chi connectivity index (χ1) is 10.1. The van der Waals surface area contributed by atoms with E-state index in [0.717, 1.165) is 24.9 Å². The minimum atomic E-state index is -1.06. The molecule has 1 aromatic carbocycles. The highest BCUT2D eigenvalue weighted by Crippen LogP contribution is 2.13. The van der Waals surface area contributed by atoms with Gasteiger partial charge in [-0.1, -0.05) is 13.3 Å². The van der Waals surface area contributed by atoms with E-state index in [2.05, 4.69) is 12.2 Å². The smallest absolute Gasteiger partial charge is 0.336 e. The summed E-state index contributed by atoms with van der Waals surface area (Å²) in [4.78, 5) is 10.8. The summed E-state index contributed by atoms with van der Waals surface area (Å²) >= 11 is 0. The fourth-order valence-electron chi connectivity index (χ4n) is 1.62. The molecule has 0 bridgehead atoms. The fraction of sp³-hybridized carbons (Fsp3) is 0.467. The van der Waals surface area contributed by atoms with Crippen LogP contribution in [0.1, 0.15) is 25.3 Å². The molecule has 1 aromatic rings. The van der Waals surface area contributed by atoms with Crippen molar-refractivity contribution in [2.75, 3.05) is 20.3 Å². The van der Waals surface area contributed by atoms with Crippen LogP contribution in [0.15, 0.2) is 24.3 Å². The molecule has 116 valence electrons. The Morgan fingerprint density at radius 2 is 2.05 bits per heavy atom. The zero-order valence-corrected chi connectivity index (χ0v) is 12.4. The average molecular weight is 294 g/mol. The van der Waals surface area contributed by atoms with Crippen molar-refractivity contribution in [3.05, 3.63) is 29.8 Å². The molecule has 0 aliphatic heterocycles. The van der Waals surface area contributed by atoms with Crippen LogP contribution in [0.3, 0.4) is 0 Å². The van der Waals surface area contributed by atoms with Crippen molar-refractivity contribution in [3.8, 4) is 5.75 Å².